The van der Waals surface area contributed by atoms with Gasteiger partial charge in [0.25, 0.3) is 0 Å². The Bertz CT molecular complexity index is 723. The summed E-state index contributed by atoms with van der Waals surface area (Å²) in [6.45, 7) is 4.46. The highest BCUT2D eigenvalue weighted by atomic mass is 14.0. The van der Waals surface area contributed by atoms with Crippen molar-refractivity contribution in [1.82, 2.24) is 0 Å². The van der Waals surface area contributed by atoms with Gasteiger partial charge in [0.2, 0.25) is 0 Å². The van der Waals surface area contributed by atoms with Gasteiger partial charge in [-0.25, -0.2) is 0 Å². The van der Waals surface area contributed by atoms with Crippen molar-refractivity contribution in [3.05, 3.63) is 82.9 Å². The quantitative estimate of drug-likeness (QED) is 0.468. The Balaban J connectivity index is 0.000000223. The van der Waals surface area contributed by atoms with E-state index >= 15 is 0 Å². The van der Waals surface area contributed by atoms with Crippen LogP contribution in [0.25, 0.3) is 0 Å². The monoisotopic (exact) mass is 358 g/mol. The van der Waals surface area contributed by atoms with Crippen LogP contribution in [0.1, 0.15) is 75.5 Å². The highest BCUT2D eigenvalue weighted by Crippen LogP contribution is 2.16. The number of hydrogen-bond acceptors (Lipinski definition) is 0. The third-order valence-electron chi connectivity index (χ3n) is 4.84. The van der Waals surface area contributed by atoms with Crippen LogP contribution in [-0.4, -0.2) is 0 Å². The fourth-order valence-corrected chi connectivity index (χ4v) is 3.10. The molecule has 142 valence electrons. The lowest BCUT2D eigenvalue weighted by molar-refractivity contribution is 0.795. The van der Waals surface area contributed by atoms with E-state index in [1.807, 2.05) is 0 Å². The summed E-state index contributed by atoms with van der Waals surface area (Å²) in [5.41, 5.74) is 5.35. The second-order valence-corrected chi connectivity index (χ2v) is 7.26. The molecule has 0 heteroatoms. The van der Waals surface area contributed by atoms with Crippen LogP contribution in [0, 0.1) is 11.8 Å². The number of benzene rings is 2. The van der Waals surface area contributed by atoms with Gasteiger partial charge < -0.3 is 0 Å². The minimum Gasteiger partial charge on any atom is -0.0729 e. The van der Waals surface area contributed by atoms with Gasteiger partial charge in [0, 0.05) is 5.56 Å². The number of hydrogen-bond donors (Lipinski definition) is 0. The second kappa shape index (κ2) is 13.0. The van der Waals surface area contributed by atoms with Gasteiger partial charge in [-0.3, -0.25) is 0 Å². The number of unbranched alkanes of at least 4 members (excludes halogenated alkanes) is 2. The molecule has 1 aliphatic rings. The summed E-state index contributed by atoms with van der Waals surface area (Å²) in [6, 6.07) is 19.4. The van der Waals surface area contributed by atoms with E-state index in [0.29, 0.717) is 0 Å². The largest absolute Gasteiger partial charge is 0.0729 e. The van der Waals surface area contributed by atoms with E-state index in [4.69, 9.17) is 0 Å². The third-order valence-corrected chi connectivity index (χ3v) is 4.84. The molecule has 2 aromatic carbocycles. The molecule has 1 aliphatic carbocycles. The Labute approximate surface area is 166 Å². The molecule has 27 heavy (non-hydrogen) atoms. The van der Waals surface area contributed by atoms with E-state index in [9.17, 15) is 0 Å². The van der Waals surface area contributed by atoms with Crippen molar-refractivity contribution < 1.29 is 0 Å². The maximum Gasteiger partial charge on any atom is 0.0249 e. The maximum atomic E-state index is 3.27. The minimum atomic E-state index is 1.14. The zero-order valence-electron chi connectivity index (χ0n) is 17.1. The number of rotatable bonds is 6. The fraction of sp³-hybridized carbons (Fsp3) is 0.407. The molecule has 0 aromatic heterocycles. The van der Waals surface area contributed by atoms with E-state index in [2.05, 4.69) is 86.4 Å². The summed E-state index contributed by atoms with van der Waals surface area (Å²) in [6.07, 6.45) is 13.5. The van der Waals surface area contributed by atoms with Crippen LogP contribution in [0.5, 0.6) is 0 Å². The molecule has 0 heterocycles. The molecule has 0 radical (unpaired) electrons. The Morgan fingerprint density at radius 1 is 0.741 bits per heavy atom. The summed E-state index contributed by atoms with van der Waals surface area (Å²) in [5, 5.41) is 0. The van der Waals surface area contributed by atoms with Crippen molar-refractivity contribution >= 4 is 0 Å². The van der Waals surface area contributed by atoms with Crippen molar-refractivity contribution in [1.29, 1.82) is 0 Å². The van der Waals surface area contributed by atoms with Crippen LogP contribution < -0.4 is 0 Å². The van der Waals surface area contributed by atoms with Crippen LogP contribution in [0.4, 0.5) is 0 Å². The summed E-state index contributed by atoms with van der Waals surface area (Å²) < 4.78 is 0. The van der Waals surface area contributed by atoms with E-state index in [0.717, 1.165) is 5.56 Å². The minimum absolute atomic E-state index is 1.14. The molecule has 0 atom stereocenters. The molecule has 3 rings (SSSR count). The molecule has 0 saturated heterocycles. The molecule has 0 nitrogen and oxygen atoms in total. The van der Waals surface area contributed by atoms with Crippen molar-refractivity contribution in [2.75, 3.05) is 0 Å². The molecule has 0 N–H and O–H groups in total. The smallest absolute Gasteiger partial charge is 0.0249 e. The molecule has 0 amide bonds. The lowest BCUT2D eigenvalue weighted by Crippen LogP contribution is -1.84. The first kappa shape index (κ1) is 21.0. The van der Waals surface area contributed by atoms with Crippen molar-refractivity contribution in [3.63, 3.8) is 0 Å². The van der Waals surface area contributed by atoms with Gasteiger partial charge >= 0.3 is 0 Å². The SMILES string of the molecule is CCCCc1ccc(C#CC2=CCCC2)cc1.CCCCc1ccccc1. The van der Waals surface area contributed by atoms with Crippen molar-refractivity contribution in [2.24, 2.45) is 0 Å². The first-order chi connectivity index (χ1) is 13.3. The Morgan fingerprint density at radius 2 is 1.37 bits per heavy atom. The molecular formula is C27H34. The van der Waals surface area contributed by atoms with E-state index in [1.165, 1.54) is 74.5 Å². The predicted octanol–water partition coefficient (Wildman–Crippen LogP) is 7.52. The fourth-order valence-electron chi connectivity index (χ4n) is 3.10. The Kier molecular flexibility index (Phi) is 10.1. The Hall–Kier alpha value is -2.26. The molecule has 0 saturated carbocycles. The Morgan fingerprint density at radius 3 is 1.93 bits per heavy atom. The summed E-state index contributed by atoms with van der Waals surface area (Å²) in [5.74, 6) is 6.52. The van der Waals surface area contributed by atoms with Gasteiger partial charge in [-0.05, 0) is 73.8 Å². The zero-order chi connectivity index (χ0) is 19.2. The van der Waals surface area contributed by atoms with E-state index < -0.39 is 0 Å². The van der Waals surface area contributed by atoms with Crippen LogP contribution in [0.3, 0.4) is 0 Å². The normalized spacial score (nSPS) is 12.4. The summed E-state index contributed by atoms with van der Waals surface area (Å²) >= 11 is 0. The van der Waals surface area contributed by atoms with Crippen LogP contribution in [0.15, 0.2) is 66.2 Å². The van der Waals surface area contributed by atoms with Gasteiger partial charge in [-0.1, -0.05) is 87.1 Å². The maximum absolute atomic E-state index is 3.27. The van der Waals surface area contributed by atoms with Gasteiger partial charge in [-0.2, -0.15) is 0 Å². The lowest BCUT2D eigenvalue weighted by Gasteiger charge is -1.99. The highest BCUT2D eigenvalue weighted by molar-refractivity contribution is 5.42. The average molecular weight is 359 g/mol. The van der Waals surface area contributed by atoms with Gasteiger partial charge in [0.15, 0.2) is 0 Å². The number of aryl methyl sites for hydroxylation is 2. The molecule has 0 aliphatic heterocycles. The first-order valence-corrected chi connectivity index (χ1v) is 10.7. The first-order valence-electron chi connectivity index (χ1n) is 10.7. The number of allylic oxidation sites excluding steroid dienone is 2. The molecule has 0 fully saturated rings. The molecule has 2 aromatic rings. The van der Waals surface area contributed by atoms with Gasteiger partial charge in [0.1, 0.15) is 0 Å². The second-order valence-electron chi connectivity index (χ2n) is 7.26. The van der Waals surface area contributed by atoms with Crippen LogP contribution in [0.2, 0.25) is 0 Å². The molecular weight excluding hydrogens is 324 g/mol. The van der Waals surface area contributed by atoms with Crippen LogP contribution >= 0.6 is 0 Å². The average Bonchev–Trinajstić information content (AvgIpc) is 3.25. The lowest BCUT2D eigenvalue weighted by atomic mass is 10.1. The van der Waals surface area contributed by atoms with Crippen molar-refractivity contribution in [3.8, 4) is 11.8 Å². The zero-order valence-corrected chi connectivity index (χ0v) is 17.1. The third kappa shape index (κ3) is 8.78. The summed E-state index contributed by atoms with van der Waals surface area (Å²) in [4.78, 5) is 0. The summed E-state index contributed by atoms with van der Waals surface area (Å²) in [7, 11) is 0. The van der Waals surface area contributed by atoms with E-state index in [-0.39, 0.29) is 0 Å². The van der Waals surface area contributed by atoms with Crippen molar-refractivity contribution in [2.45, 2.75) is 71.6 Å². The molecule has 0 spiro atoms. The van der Waals surface area contributed by atoms with Crippen LogP contribution in [-0.2, 0) is 12.8 Å². The predicted molar refractivity (Wildman–Crippen MR) is 119 cm³/mol. The van der Waals surface area contributed by atoms with Gasteiger partial charge in [-0.15, -0.1) is 0 Å². The topological polar surface area (TPSA) is 0 Å². The molecule has 0 bridgehead atoms. The molecule has 0 unspecified atom stereocenters. The van der Waals surface area contributed by atoms with Gasteiger partial charge in [0.05, 0.1) is 0 Å². The standard InChI is InChI=1S/C17H20.C10H14/c1-2-3-6-16-10-13-17(14-11-16)12-9-15-7-4-5-8-15;1-2-3-7-10-8-5-4-6-9-10/h7,10-11,13-14H,2-6,8H2,1H3;4-6,8-9H,2-3,7H2,1H3. The highest BCUT2D eigenvalue weighted by Gasteiger charge is 2.00. The van der Waals surface area contributed by atoms with E-state index in [1.54, 1.807) is 0 Å².